The second-order valence-electron chi connectivity index (χ2n) is 8.85. The van der Waals surface area contributed by atoms with Crippen LogP contribution in [0, 0.1) is 35.9 Å². The van der Waals surface area contributed by atoms with Crippen LogP contribution < -0.4 is 10.6 Å². The summed E-state index contributed by atoms with van der Waals surface area (Å²) in [6.07, 6.45) is 6.76. The zero-order valence-electron chi connectivity index (χ0n) is 15.5. The molecule has 140 valence electrons. The van der Waals surface area contributed by atoms with Crippen LogP contribution >= 0.6 is 0 Å². The van der Waals surface area contributed by atoms with Crippen molar-refractivity contribution >= 4 is 17.5 Å². The van der Waals surface area contributed by atoms with Gasteiger partial charge in [-0.05, 0) is 87.8 Å². The van der Waals surface area contributed by atoms with E-state index < -0.39 is 6.04 Å². The van der Waals surface area contributed by atoms with Gasteiger partial charge in [0.2, 0.25) is 11.8 Å². The fraction of sp³-hybridized carbons (Fsp3) is 0.619. The molecule has 4 fully saturated rings. The molecule has 5 heteroatoms. The van der Waals surface area contributed by atoms with Crippen molar-refractivity contribution in [3.05, 3.63) is 29.6 Å². The Kier molecular flexibility index (Phi) is 4.28. The highest BCUT2D eigenvalue weighted by Crippen LogP contribution is 2.60. The van der Waals surface area contributed by atoms with Crippen LogP contribution in [0.1, 0.15) is 51.0 Å². The Morgan fingerprint density at radius 1 is 1.12 bits per heavy atom. The fourth-order valence-corrected chi connectivity index (χ4v) is 5.73. The lowest BCUT2D eigenvalue weighted by Crippen LogP contribution is -2.56. The predicted octanol–water partition coefficient (Wildman–Crippen LogP) is 3.79. The van der Waals surface area contributed by atoms with E-state index >= 15 is 0 Å². The zero-order chi connectivity index (χ0) is 18.5. The number of halogens is 1. The first kappa shape index (κ1) is 17.5. The summed E-state index contributed by atoms with van der Waals surface area (Å²) in [6.45, 7) is 3.37. The smallest absolute Gasteiger partial charge is 0.246 e. The molecule has 2 N–H and O–H groups in total. The van der Waals surface area contributed by atoms with Crippen LogP contribution in [-0.4, -0.2) is 17.9 Å². The van der Waals surface area contributed by atoms with Gasteiger partial charge in [-0.2, -0.15) is 0 Å². The van der Waals surface area contributed by atoms with Gasteiger partial charge in [-0.3, -0.25) is 9.59 Å². The molecule has 0 spiro atoms. The molecule has 4 nitrogen and oxygen atoms in total. The molecule has 5 rings (SSSR count). The Hall–Kier alpha value is -1.91. The first-order chi connectivity index (χ1) is 12.3. The number of carbonyl (C=O) groups excluding carboxylic acids is 2. The number of amides is 2. The number of rotatable bonds is 4. The highest BCUT2D eigenvalue weighted by molar-refractivity contribution is 5.97. The van der Waals surface area contributed by atoms with Crippen molar-refractivity contribution in [2.24, 2.45) is 23.2 Å². The van der Waals surface area contributed by atoms with Crippen molar-refractivity contribution in [3.8, 4) is 0 Å². The Morgan fingerprint density at radius 2 is 1.69 bits per heavy atom. The average molecular weight is 358 g/mol. The van der Waals surface area contributed by atoms with Gasteiger partial charge in [0.25, 0.3) is 0 Å². The van der Waals surface area contributed by atoms with E-state index in [1.165, 1.54) is 25.3 Å². The van der Waals surface area contributed by atoms with E-state index in [2.05, 4.69) is 10.6 Å². The molecule has 0 saturated heterocycles. The highest BCUT2D eigenvalue weighted by Gasteiger charge is 2.54. The molecule has 1 atom stereocenters. The predicted molar refractivity (Wildman–Crippen MR) is 98.0 cm³/mol. The maximum Gasteiger partial charge on any atom is 0.246 e. The minimum Gasteiger partial charge on any atom is -0.344 e. The van der Waals surface area contributed by atoms with Crippen LogP contribution in [0.15, 0.2) is 18.2 Å². The third-order valence-corrected chi connectivity index (χ3v) is 6.70. The Morgan fingerprint density at radius 3 is 2.23 bits per heavy atom. The number of carbonyl (C=O) groups is 2. The topological polar surface area (TPSA) is 58.2 Å². The lowest BCUT2D eigenvalue weighted by atomic mass is 9.49. The van der Waals surface area contributed by atoms with Gasteiger partial charge < -0.3 is 10.6 Å². The summed E-state index contributed by atoms with van der Waals surface area (Å²) >= 11 is 0. The standard InChI is InChI=1S/C21H27FN2O2/c1-12-3-4-17(8-18(12)22)24-19(25)13(2)23-20(26)21-9-14-5-15(10-21)7-16(6-14)11-21/h3-4,8,13-16H,5-7,9-11H2,1-2H3,(H,23,26)(H,24,25)/t13-,14?,15?,16?,21?/m0/s1. The van der Waals surface area contributed by atoms with Crippen LogP contribution in [0.25, 0.3) is 0 Å². The van der Waals surface area contributed by atoms with Gasteiger partial charge in [-0.15, -0.1) is 0 Å². The number of anilines is 1. The van der Waals surface area contributed by atoms with E-state index in [0.29, 0.717) is 29.0 Å². The second kappa shape index (κ2) is 6.36. The van der Waals surface area contributed by atoms with Gasteiger partial charge in [0.15, 0.2) is 0 Å². The molecule has 2 amide bonds. The van der Waals surface area contributed by atoms with Crippen molar-refractivity contribution in [2.75, 3.05) is 5.32 Å². The van der Waals surface area contributed by atoms with Gasteiger partial charge in [0, 0.05) is 11.1 Å². The number of benzene rings is 1. The van der Waals surface area contributed by atoms with E-state index in [9.17, 15) is 14.0 Å². The summed E-state index contributed by atoms with van der Waals surface area (Å²) in [5, 5.41) is 5.63. The van der Waals surface area contributed by atoms with E-state index in [-0.39, 0.29) is 23.0 Å². The second-order valence-corrected chi connectivity index (χ2v) is 8.85. The third-order valence-electron chi connectivity index (χ3n) is 6.70. The third kappa shape index (κ3) is 3.12. The van der Waals surface area contributed by atoms with Gasteiger partial charge >= 0.3 is 0 Å². The molecule has 4 aliphatic rings. The van der Waals surface area contributed by atoms with E-state index in [1.54, 1.807) is 26.0 Å². The molecule has 0 heterocycles. The maximum absolute atomic E-state index is 13.6. The first-order valence-electron chi connectivity index (χ1n) is 9.72. The summed E-state index contributed by atoms with van der Waals surface area (Å²) in [5.74, 6) is 1.43. The van der Waals surface area contributed by atoms with Crippen molar-refractivity contribution in [3.63, 3.8) is 0 Å². The van der Waals surface area contributed by atoms with E-state index in [1.807, 2.05) is 0 Å². The van der Waals surface area contributed by atoms with E-state index in [4.69, 9.17) is 0 Å². The molecule has 0 unspecified atom stereocenters. The van der Waals surface area contributed by atoms with Gasteiger partial charge in [0.05, 0.1) is 0 Å². The lowest BCUT2D eigenvalue weighted by molar-refractivity contribution is -0.147. The number of aryl methyl sites for hydroxylation is 1. The van der Waals surface area contributed by atoms with Crippen LogP contribution in [0.4, 0.5) is 10.1 Å². The molecule has 4 bridgehead atoms. The van der Waals surface area contributed by atoms with Gasteiger partial charge in [-0.25, -0.2) is 4.39 Å². The molecule has 4 saturated carbocycles. The Labute approximate surface area is 153 Å². The molecular formula is C21H27FN2O2. The monoisotopic (exact) mass is 358 g/mol. The minimum atomic E-state index is -0.639. The van der Waals surface area contributed by atoms with Gasteiger partial charge in [-0.1, -0.05) is 6.07 Å². The molecule has 0 aromatic heterocycles. The Bertz CT molecular complexity index is 710. The average Bonchev–Trinajstić information content (AvgIpc) is 2.57. The largest absolute Gasteiger partial charge is 0.344 e. The van der Waals surface area contributed by atoms with Crippen LogP contribution in [0.2, 0.25) is 0 Å². The normalized spacial score (nSPS) is 33.0. The molecule has 0 radical (unpaired) electrons. The minimum absolute atomic E-state index is 0.0364. The fourth-order valence-electron chi connectivity index (χ4n) is 5.73. The van der Waals surface area contributed by atoms with E-state index in [0.717, 1.165) is 19.3 Å². The van der Waals surface area contributed by atoms with Crippen molar-refractivity contribution in [2.45, 2.75) is 58.4 Å². The highest BCUT2D eigenvalue weighted by atomic mass is 19.1. The summed E-state index contributed by atoms with van der Waals surface area (Å²) in [6, 6.07) is 3.97. The summed E-state index contributed by atoms with van der Waals surface area (Å²) in [5.41, 5.74) is 0.680. The zero-order valence-corrected chi connectivity index (χ0v) is 15.5. The van der Waals surface area contributed by atoms with Crippen molar-refractivity contribution < 1.29 is 14.0 Å². The molecule has 1 aromatic carbocycles. The summed E-state index contributed by atoms with van der Waals surface area (Å²) in [4.78, 5) is 25.4. The number of hydrogen-bond donors (Lipinski definition) is 2. The molecular weight excluding hydrogens is 331 g/mol. The van der Waals surface area contributed by atoms with Crippen molar-refractivity contribution in [1.29, 1.82) is 0 Å². The first-order valence-corrected chi connectivity index (χ1v) is 9.72. The molecule has 4 aliphatic carbocycles. The lowest BCUT2D eigenvalue weighted by Gasteiger charge is -2.55. The number of hydrogen-bond acceptors (Lipinski definition) is 2. The van der Waals surface area contributed by atoms with Crippen molar-refractivity contribution in [1.82, 2.24) is 5.32 Å². The quantitative estimate of drug-likeness (QED) is 0.860. The summed E-state index contributed by atoms with van der Waals surface area (Å²) in [7, 11) is 0. The van der Waals surface area contributed by atoms with Gasteiger partial charge in [0.1, 0.15) is 11.9 Å². The molecule has 0 aliphatic heterocycles. The van der Waals surface area contributed by atoms with Crippen LogP contribution in [-0.2, 0) is 9.59 Å². The molecule has 26 heavy (non-hydrogen) atoms. The Balaban J connectivity index is 1.39. The SMILES string of the molecule is Cc1ccc(NC(=O)[C@H](C)NC(=O)C23CC4CC(CC(C4)C2)C3)cc1F. The summed E-state index contributed by atoms with van der Waals surface area (Å²) < 4.78 is 13.6. The van der Waals surface area contributed by atoms with Crippen LogP contribution in [0.3, 0.4) is 0 Å². The maximum atomic E-state index is 13.6. The molecule has 1 aromatic rings. The van der Waals surface area contributed by atoms with Crippen LogP contribution in [0.5, 0.6) is 0 Å². The number of nitrogens with one attached hydrogen (secondary N) is 2.